The Balaban J connectivity index is 2.27. The van der Waals surface area contributed by atoms with E-state index in [9.17, 15) is 8.42 Å². The lowest BCUT2D eigenvalue weighted by Crippen LogP contribution is -2.30. The van der Waals surface area contributed by atoms with E-state index in [1.54, 1.807) is 38.5 Å². The molecule has 6 nitrogen and oxygen atoms in total. The minimum atomic E-state index is -3.54. The van der Waals surface area contributed by atoms with Gasteiger partial charge in [-0.15, -0.1) is 0 Å². The maximum absolute atomic E-state index is 12.6. The Bertz CT molecular complexity index is 549. The molecule has 0 aromatic heterocycles. The van der Waals surface area contributed by atoms with Crippen molar-refractivity contribution in [2.24, 2.45) is 5.73 Å². The molecular weight excluding hydrogens is 280 g/mol. The Morgan fingerprint density at radius 3 is 2.35 bits per heavy atom. The summed E-state index contributed by atoms with van der Waals surface area (Å²) in [6.07, 6.45) is -0.486. The molecule has 20 heavy (non-hydrogen) atoms. The topological polar surface area (TPSA) is 81.9 Å². The van der Waals surface area contributed by atoms with Crippen molar-refractivity contribution in [3.8, 4) is 0 Å². The first kappa shape index (κ1) is 15.4. The number of sulfonamides is 1. The Kier molecular flexibility index (Phi) is 4.77. The lowest BCUT2D eigenvalue weighted by Gasteiger charge is -2.16. The molecule has 0 amide bonds. The minimum Gasteiger partial charge on any atom is -0.377 e. The van der Waals surface area contributed by atoms with Crippen LogP contribution in [0, 0.1) is 0 Å². The molecule has 1 heterocycles. The van der Waals surface area contributed by atoms with E-state index in [4.69, 9.17) is 15.2 Å². The standard InChI is InChI=1S/C13H20N2O4S/c1-18-12-8-15(9-13(12)19-2)20(16,17)11-5-3-4-10(6-11)7-14/h3-6,12-13H,7-9,14H2,1-2H3. The number of nitrogens with zero attached hydrogens (tertiary/aromatic N) is 1. The highest BCUT2D eigenvalue weighted by Gasteiger charge is 2.39. The Morgan fingerprint density at radius 1 is 1.25 bits per heavy atom. The van der Waals surface area contributed by atoms with Crippen molar-refractivity contribution in [3.63, 3.8) is 0 Å². The zero-order valence-electron chi connectivity index (χ0n) is 11.7. The second kappa shape index (κ2) is 6.19. The summed E-state index contributed by atoms with van der Waals surface area (Å²) in [6, 6.07) is 6.69. The van der Waals surface area contributed by atoms with Crippen LogP contribution in [0.4, 0.5) is 0 Å². The zero-order valence-corrected chi connectivity index (χ0v) is 12.5. The molecule has 7 heteroatoms. The minimum absolute atomic E-state index is 0.243. The van der Waals surface area contributed by atoms with Crippen LogP contribution in [0.3, 0.4) is 0 Å². The van der Waals surface area contributed by atoms with Gasteiger partial charge in [-0.05, 0) is 17.7 Å². The first-order chi connectivity index (χ1) is 9.52. The number of nitrogens with two attached hydrogens (primary N) is 1. The zero-order chi connectivity index (χ0) is 14.8. The first-order valence-electron chi connectivity index (χ1n) is 6.37. The van der Waals surface area contributed by atoms with Gasteiger partial charge in [0.1, 0.15) is 0 Å². The van der Waals surface area contributed by atoms with Crippen molar-refractivity contribution in [3.05, 3.63) is 29.8 Å². The molecule has 2 unspecified atom stereocenters. The van der Waals surface area contributed by atoms with Crippen molar-refractivity contribution in [1.82, 2.24) is 4.31 Å². The molecule has 2 N–H and O–H groups in total. The van der Waals surface area contributed by atoms with E-state index in [-0.39, 0.29) is 17.1 Å². The predicted octanol–water partition coefficient (Wildman–Crippen LogP) is 0.180. The van der Waals surface area contributed by atoms with E-state index in [0.717, 1.165) is 5.56 Å². The lowest BCUT2D eigenvalue weighted by atomic mass is 10.2. The summed E-state index contributed by atoms with van der Waals surface area (Å²) < 4.78 is 37.1. The summed E-state index contributed by atoms with van der Waals surface area (Å²) in [4.78, 5) is 0.257. The highest BCUT2D eigenvalue weighted by Crippen LogP contribution is 2.24. The maximum Gasteiger partial charge on any atom is 0.243 e. The highest BCUT2D eigenvalue weighted by molar-refractivity contribution is 7.89. The number of hydrogen-bond donors (Lipinski definition) is 1. The van der Waals surface area contributed by atoms with Crippen molar-refractivity contribution in [1.29, 1.82) is 0 Å². The van der Waals surface area contributed by atoms with Crippen LogP contribution < -0.4 is 5.73 Å². The van der Waals surface area contributed by atoms with E-state index >= 15 is 0 Å². The van der Waals surface area contributed by atoms with Crippen LogP contribution in [-0.2, 0) is 26.0 Å². The summed E-state index contributed by atoms with van der Waals surface area (Å²) >= 11 is 0. The average Bonchev–Trinajstić information content (AvgIpc) is 2.91. The van der Waals surface area contributed by atoms with Gasteiger partial charge in [0.25, 0.3) is 0 Å². The highest BCUT2D eigenvalue weighted by atomic mass is 32.2. The largest absolute Gasteiger partial charge is 0.377 e. The van der Waals surface area contributed by atoms with Gasteiger partial charge in [0, 0.05) is 33.9 Å². The molecule has 0 saturated carbocycles. The summed E-state index contributed by atoms with van der Waals surface area (Å²) in [5.74, 6) is 0. The molecular formula is C13H20N2O4S. The molecule has 2 atom stereocenters. The third kappa shape index (κ3) is 2.87. The summed E-state index contributed by atoms with van der Waals surface area (Å²) in [7, 11) is -0.425. The van der Waals surface area contributed by atoms with Crippen LogP contribution in [0.5, 0.6) is 0 Å². The number of methoxy groups -OCH3 is 2. The van der Waals surface area contributed by atoms with Crippen molar-refractivity contribution in [2.75, 3.05) is 27.3 Å². The van der Waals surface area contributed by atoms with Crippen LogP contribution in [-0.4, -0.2) is 52.2 Å². The van der Waals surface area contributed by atoms with E-state index in [1.165, 1.54) is 4.31 Å². The van der Waals surface area contributed by atoms with Gasteiger partial charge in [-0.3, -0.25) is 0 Å². The Hall–Kier alpha value is -0.990. The molecule has 2 rings (SSSR count). The van der Waals surface area contributed by atoms with Crippen LogP contribution in [0.25, 0.3) is 0 Å². The first-order valence-corrected chi connectivity index (χ1v) is 7.81. The van der Waals surface area contributed by atoms with Gasteiger partial charge in [0.05, 0.1) is 17.1 Å². The lowest BCUT2D eigenvalue weighted by molar-refractivity contribution is -0.00461. The second-order valence-electron chi connectivity index (χ2n) is 4.72. The smallest absolute Gasteiger partial charge is 0.243 e. The summed E-state index contributed by atoms with van der Waals surface area (Å²) in [6.45, 7) is 0.902. The Labute approximate surface area is 119 Å². The molecule has 0 radical (unpaired) electrons. The number of ether oxygens (including phenoxy) is 2. The number of hydrogen-bond acceptors (Lipinski definition) is 5. The molecule has 1 fully saturated rings. The van der Waals surface area contributed by atoms with Crippen molar-refractivity contribution in [2.45, 2.75) is 23.6 Å². The molecule has 1 aliphatic heterocycles. The number of rotatable bonds is 5. The van der Waals surface area contributed by atoms with Gasteiger partial charge in [-0.25, -0.2) is 8.42 Å². The fraction of sp³-hybridized carbons (Fsp3) is 0.538. The molecule has 1 saturated heterocycles. The average molecular weight is 300 g/mol. The SMILES string of the molecule is COC1CN(S(=O)(=O)c2cccc(CN)c2)CC1OC. The molecule has 1 aromatic rings. The summed E-state index contributed by atoms with van der Waals surface area (Å²) in [5.41, 5.74) is 6.34. The number of benzene rings is 1. The van der Waals surface area contributed by atoms with Crippen LogP contribution in [0.2, 0.25) is 0 Å². The monoisotopic (exact) mass is 300 g/mol. The molecule has 1 aromatic carbocycles. The molecule has 0 spiro atoms. The molecule has 0 aliphatic carbocycles. The quantitative estimate of drug-likeness (QED) is 0.839. The van der Waals surface area contributed by atoms with Crippen LogP contribution in [0.1, 0.15) is 5.56 Å². The third-order valence-corrected chi connectivity index (χ3v) is 5.39. The van der Waals surface area contributed by atoms with Gasteiger partial charge in [0.15, 0.2) is 0 Å². The van der Waals surface area contributed by atoms with E-state index in [1.807, 2.05) is 0 Å². The normalized spacial score (nSPS) is 24.1. The fourth-order valence-electron chi connectivity index (χ4n) is 2.34. The second-order valence-corrected chi connectivity index (χ2v) is 6.66. The molecule has 1 aliphatic rings. The molecule has 0 bridgehead atoms. The van der Waals surface area contributed by atoms with Gasteiger partial charge < -0.3 is 15.2 Å². The van der Waals surface area contributed by atoms with Gasteiger partial charge in [-0.1, -0.05) is 12.1 Å². The van der Waals surface area contributed by atoms with Gasteiger partial charge >= 0.3 is 0 Å². The van der Waals surface area contributed by atoms with E-state index < -0.39 is 10.0 Å². The van der Waals surface area contributed by atoms with Gasteiger partial charge in [0.2, 0.25) is 10.0 Å². The van der Waals surface area contributed by atoms with E-state index in [0.29, 0.717) is 19.6 Å². The van der Waals surface area contributed by atoms with Crippen LogP contribution in [0.15, 0.2) is 29.2 Å². The van der Waals surface area contributed by atoms with Crippen LogP contribution >= 0.6 is 0 Å². The maximum atomic E-state index is 12.6. The summed E-state index contributed by atoms with van der Waals surface area (Å²) in [5, 5.41) is 0. The third-order valence-electron chi connectivity index (χ3n) is 3.56. The van der Waals surface area contributed by atoms with Gasteiger partial charge in [-0.2, -0.15) is 4.31 Å². The van der Waals surface area contributed by atoms with E-state index in [2.05, 4.69) is 0 Å². The Morgan fingerprint density at radius 2 is 1.85 bits per heavy atom. The predicted molar refractivity (Wildman–Crippen MR) is 74.7 cm³/mol. The van der Waals surface area contributed by atoms with Crippen molar-refractivity contribution >= 4 is 10.0 Å². The fourth-order valence-corrected chi connectivity index (χ4v) is 3.88. The van der Waals surface area contributed by atoms with Crippen molar-refractivity contribution < 1.29 is 17.9 Å². The molecule has 112 valence electrons.